The first-order chi connectivity index (χ1) is 16.6. The largest absolute Gasteiger partial charge is 0.467 e. The van der Waals surface area contributed by atoms with E-state index in [-0.39, 0.29) is 30.4 Å². The number of nitrogens with two attached hydrogens (primary N) is 1. The number of hydrogen-bond donors (Lipinski definition) is 2. The molecule has 0 bridgehead atoms. The van der Waals surface area contributed by atoms with Gasteiger partial charge >= 0.3 is 11.9 Å². The predicted molar refractivity (Wildman–Crippen MR) is 118 cm³/mol. The summed E-state index contributed by atoms with van der Waals surface area (Å²) in [5.41, 5.74) is 3.68. The summed E-state index contributed by atoms with van der Waals surface area (Å²) >= 11 is 0. The van der Waals surface area contributed by atoms with Crippen LogP contribution in [-0.2, 0) is 30.6 Å². The van der Waals surface area contributed by atoms with Gasteiger partial charge in [0.15, 0.2) is 11.4 Å². The third-order valence-electron chi connectivity index (χ3n) is 5.09. The molecule has 3 N–H and O–H groups in total. The third kappa shape index (κ3) is 5.18. The van der Waals surface area contributed by atoms with Gasteiger partial charge in [-0.3, -0.25) is 28.7 Å². The number of halogens is 3. The number of nitrogens with zero attached hydrogens (tertiary/aromatic N) is 4. The number of H-pyrrole nitrogens is 1. The van der Waals surface area contributed by atoms with Gasteiger partial charge in [0.25, 0.3) is 5.56 Å². The van der Waals surface area contributed by atoms with Gasteiger partial charge in [0.1, 0.15) is 18.1 Å². The molecular weight excluding hydrogens is 469 g/mol. The van der Waals surface area contributed by atoms with Crippen LogP contribution in [0.25, 0.3) is 0 Å². The van der Waals surface area contributed by atoms with Crippen LogP contribution in [0.1, 0.15) is 17.0 Å². The Morgan fingerprint density at radius 3 is 2.49 bits per heavy atom. The average Bonchev–Trinajstić information content (AvgIpc) is 3.48. The molecule has 0 aliphatic rings. The first-order valence-corrected chi connectivity index (χ1v) is 10.2. The minimum atomic E-state index is -4.68. The number of nitrogens with one attached hydrogen (secondary N) is 1. The van der Waals surface area contributed by atoms with Gasteiger partial charge < -0.3 is 10.2 Å². The molecule has 0 aliphatic heterocycles. The van der Waals surface area contributed by atoms with Crippen LogP contribution in [0, 0.1) is 0 Å². The van der Waals surface area contributed by atoms with E-state index in [1.807, 2.05) is 0 Å². The maximum absolute atomic E-state index is 13.2. The maximum Gasteiger partial charge on any atom is 0.435 e. The number of benzene rings is 1. The lowest BCUT2D eigenvalue weighted by atomic mass is 10.2. The van der Waals surface area contributed by atoms with E-state index in [0.717, 1.165) is 26.4 Å². The van der Waals surface area contributed by atoms with Crippen LogP contribution in [0.5, 0.6) is 0 Å². The van der Waals surface area contributed by atoms with E-state index < -0.39 is 35.6 Å². The molecule has 1 aromatic carbocycles. The lowest BCUT2D eigenvalue weighted by Gasteiger charge is -2.24. The maximum atomic E-state index is 13.2. The van der Waals surface area contributed by atoms with Gasteiger partial charge in [0.05, 0.1) is 19.4 Å². The molecule has 0 unspecified atom stereocenters. The summed E-state index contributed by atoms with van der Waals surface area (Å²) in [5.74, 6) is -0.825. The van der Waals surface area contributed by atoms with Crippen LogP contribution in [0.3, 0.4) is 0 Å². The number of aromatic amines is 1. The topological polar surface area (TPSA) is 132 Å². The second-order valence-electron chi connectivity index (χ2n) is 7.52. The van der Waals surface area contributed by atoms with E-state index in [4.69, 9.17) is 10.2 Å². The Bertz CT molecular complexity index is 1440. The SMILES string of the molecule is Nc1c(N(Cc2ccco2)C(=O)Cn2ccc(C(F)(F)F)n2)c(=O)[nH]c(=O)n1Cc1ccccc1. The van der Waals surface area contributed by atoms with E-state index in [2.05, 4.69) is 10.1 Å². The summed E-state index contributed by atoms with van der Waals surface area (Å²) in [5, 5.41) is 3.38. The van der Waals surface area contributed by atoms with Crippen LogP contribution < -0.4 is 21.9 Å². The highest BCUT2D eigenvalue weighted by Crippen LogP contribution is 2.27. The molecule has 3 aromatic heterocycles. The zero-order valence-electron chi connectivity index (χ0n) is 18.0. The summed E-state index contributed by atoms with van der Waals surface area (Å²) in [6, 6.07) is 12.6. The summed E-state index contributed by atoms with van der Waals surface area (Å²) in [6.45, 7) is -0.893. The Kier molecular flexibility index (Phi) is 6.32. The molecule has 182 valence electrons. The fourth-order valence-corrected chi connectivity index (χ4v) is 3.44. The van der Waals surface area contributed by atoms with Crippen molar-refractivity contribution in [2.45, 2.75) is 25.8 Å². The predicted octanol–water partition coefficient (Wildman–Crippen LogP) is 2.21. The Labute approximate surface area is 195 Å². The van der Waals surface area contributed by atoms with Crippen molar-refractivity contribution in [1.29, 1.82) is 0 Å². The standard InChI is InChI=1S/C22H19F3N6O4/c23-22(24,25)16-8-9-29(28-16)13-17(32)30(12-15-7-4-10-35-15)18-19(26)31(21(34)27-20(18)33)11-14-5-2-1-3-6-14/h1-10H,11-13,26H2,(H,27,33,34). The van der Waals surface area contributed by atoms with Crippen molar-refractivity contribution in [3.05, 3.63) is 98.8 Å². The number of hydrogen-bond acceptors (Lipinski definition) is 6. The van der Waals surface area contributed by atoms with E-state index in [1.54, 1.807) is 42.5 Å². The fraction of sp³-hybridized carbons (Fsp3) is 0.182. The molecule has 4 rings (SSSR count). The van der Waals surface area contributed by atoms with Gasteiger partial charge in [-0.2, -0.15) is 18.3 Å². The summed E-state index contributed by atoms with van der Waals surface area (Å²) in [7, 11) is 0. The van der Waals surface area contributed by atoms with Crippen molar-refractivity contribution < 1.29 is 22.4 Å². The molecule has 1 amide bonds. The smallest absolute Gasteiger partial charge is 0.435 e. The van der Waals surface area contributed by atoms with Crippen LogP contribution in [0.2, 0.25) is 0 Å². The zero-order chi connectivity index (χ0) is 25.2. The van der Waals surface area contributed by atoms with Crippen molar-refractivity contribution in [2.75, 3.05) is 10.6 Å². The molecule has 0 saturated heterocycles. The van der Waals surface area contributed by atoms with Crippen molar-refractivity contribution in [3.63, 3.8) is 0 Å². The summed E-state index contributed by atoms with van der Waals surface area (Å²) in [6.07, 6.45) is -2.34. The van der Waals surface area contributed by atoms with Crippen molar-refractivity contribution in [1.82, 2.24) is 19.3 Å². The lowest BCUT2D eigenvalue weighted by molar-refractivity contribution is -0.141. The molecule has 0 radical (unpaired) electrons. The molecule has 0 atom stereocenters. The highest BCUT2D eigenvalue weighted by atomic mass is 19.4. The Morgan fingerprint density at radius 2 is 1.86 bits per heavy atom. The van der Waals surface area contributed by atoms with E-state index in [0.29, 0.717) is 5.56 Å². The van der Waals surface area contributed by atoms with E-state index in [9.17, 15) is 27.6 Å². The lowest BCUT2D eigenvalue weighted by Crippen LogP contribution is -2.42. The second-order valence-corrected chi connectivity index (χ2v) is 7.52. The average molecular weight is 488 g/mol. The quantitative estimate of drug-likeness (QED) is 0.410. The third-order valence-corrected chi connectivity index (χ3v) is 5.09. The number of anilines is 2. The molecular formula is C22H19F3N6O4. The van der Waals surface area contributed by atoms with Gasteiger partial charge in [-0.05, 0) is 23.8 Å². The molecule has 13 heteroatoms. The minimum Gasteiger partial charge on any atom is -0.467 e. The van der Waals surface area contributed by atoms with Gasteiger partial charge in [0.2, 0.25) is 5.91 Å². The highest BCUT2D eigenvalue weighted by Gasteiger charge is 2.34. The molecule has 3 heterocycles. The Hall–Kier alpha value is -4.55. The van der Waals surface area contributed by atoms with Gasteiger partial charge in [0, 0.05) is 6.20 Å². The van der Waals surface area contributed by atoms with E-state index in [1.165, 1.54) is 6.26 Å². The molecule has 10 nitrogen and oxygen atoms in total. The fourth-order valence-electron chi connectivity index (χ4n) is 3.44. The Morgan fingerprint density at radius 1 is 1.11 bits per heavy atom. The number of rotatable bonds is 7. The molecule has 0 saturated carbocycles. The van der Waals surface area contributed by atoms with Crippen molar-refractivity contribution >= 4 is 17.4 Å². The number of aromatic nitrogens is 4. The van der Waals surface area contributed by atoms with Crippen molar-refractivity contribution in [2.24, 2.45) is 0 Å². The number of amides is 1. The van der Waals surface area contributed by atoms with Gasteiger partial charge in [-0.1, -0.05) is 30.3 Å². The molecule has 0 spiro atoms. The van der Waals surface area contributed by atoms with Crippen LogP contribution in [-0.4, -0.2) is 25.2 Å². The number of carbonyl (C=O) groups excluding carboxylic acids is 1. The number of furan rings is 1. The Balaban J connectivity index is 1.74. The minimum absolute atomic E-state index is 0.00612. The molecule has 0 aliphatic carbocycles. The van der Waals surface area contributed by atoms with Crippen LogP contribution in [0.15, 0.2) is 75.0 Å². The number of nitrogen functional groups attached to an aromatic ring is 1. The first kappa shape index (κ1) is 23.6. The molecule has 0 fully saturated rings. The van der Waals surface area contributed by atoms with Gasteiger partial charge in [-0.25, -0.2) is 4.79 Å². The zero-order valence-corrected chi connectivity index (χ0v) is 18.0. The van der Waals surface area contributed by atoms with Crippen LogP contribution in [0.4, 0.5) is 24.7 Å². The first-order valence-electron chi connectivity index (χ1n) is 10.2. The number of carbonyl (C=O) groups is 1. The van der Waals surface area contributed by atoms with Gasteiger partial charge in [-0.15, -0.1) is 0 Å². The van der Waals surface area contributed by atoms with Crippen molar-refractivity contribution in [3.8, 4) is 0 Å². The number of alkyl halides is 3. The highest BCUT2D eigenvalue weighted by molar-refractivity contribution is 5.95. The normalized spacial score (nSPS) is 11.5. The summed E-state index contributed by atoms with van der Waals surface area (Å²) in [4.78, 5) is 41.6. The monoisotopic (exact) mass is 488 g/mol. The second kappa shape index (κ2) is 9.37. The summed E-state index contributed by atoms with van der Waals surface area (Å²) < 4.78 is 45.9. The molecule has 4 aromatic rings. The molecule has 35 heavy (non-hydrogen) atoms. The van der Waals surface area contributed by atoms with E-state index >= 15 is 0 Å². The van der Waals surface area contributed by atoms with Crippen LogP contribution >= 0.6 is 0 Å².